The number of piperazine rings is 1. The van der Waals surface area contributed by atoms with Crippen molar-refractivity contribution in [2.75, 3.05) is 53.0 Å². The molecule has 1 fully saturated rings. The summed E-state index contributed by atoms with van der Waals surface area (Å²) in [7, 11) is 1.58. The van der Waals surface area contributed by atoms with E-state index < -0.39 is 0 Å². The van der Waals surface area contributed by atoms with Crippen LogP contribution in [0.5, 0.6) is 11.5 Å². The molecule has 0 aromatic heterocycles. The molecule has 0 atom stereocenters. The van der Waals surface area contributed by atoms with Crippen LogP contribution >= 0.6 is 0 Å². The van der Waals surface area contributed by atoms with Crippen LogP contribution in [0.4, 0.5) is 0 Å². The second kappa shape index (κ2) is 9.27. The van der Waals surface area contributed by atoms with E-state index in [-0.39, 0.29) is 12.5 Å². The summed E-state index contributed by atoms with van der Waals surface area (Å²) >= 11 is 0. The van der Waals surface area contributed by atoms with E-state index in [0.29, 0.717) is 18.0 Å². The number of amides is 1. The number of benzene rings is 1. The van der Waals surface area contributed by atoms with Gasteiger partial charge in [-0.15, -0.1) is 0 Å². The first kappa shape index (κ1) is 16.6. The summed E-state index contributed by atoms with van der Waals surface area (Å²) in [4.78, 5) is 14.2. The topological polar surface area (TPSA) is 62.8 Å². The van der Waals surface area contributed by atoms with Crippen LogP contribution in [0, 0.1) is 0 Å². The lowest BCUT2D eigenvalue weighted by atomic mass is 10.3. The molecular weight excluding hydrogens is 282 g/mol. The quantitative estimate of drug-likeness (QED) is 0.684. The number of carbonyl (C=O) groups excluding carboxylic acids is 1. The smallest absolute Gasteiger partial charge is 0.257 e. The van der Waals surface area contributed by atoms with Gasteiger partial charge in [-0.3, -0.25) is 4.79 Å². The molecule has 0 unspecified atom stereocenters. The summed E-state index contributed by atoms with van der Waals surface area (Å²) in [6.45, 7) is 6.00. The van der Waals surface area contributed by atoms with E-state index in [1.165, 1.54) is 0 Å². The van der Waals surface area contributed by atoms with E-state index in [2.05, 4.69) is 15.5 Å². The zero-order valence-corrected chi connectivity index (χ0v) is 13.1. The lowest BCUT2D eigenvalue weighted by molar-refractivity contribution is -0.123. The molecule has 1 aromatic rings. The number of carbonyl (C=O) groups is 1. The zero-order chi connectivity index (χ0) is 15.6. The maximum atomic E-state index is 11.8. The second-order valence-electron chi connectivity index (χ2n) is 5.23. The van der Waals surface area contributed by atoms with Crippen LogP contribution in [0.3, 0.4) is 0 Å². The molecular formula is C16H25N3O3. The van der Waals surface area contributed by atoms with Crippen molar-refractivity contribution in [2.45, 2.75) is 6.42 Å². The van der Waals surface area contributed by atoms with Crippen molar-refractivity contribution in [3.05, 3.63) is 24.3 Å². The van der Waals surface area contributed by atoms with Crippen LogP contribution in [-0.2, 0) is 4.79 Å². The van der Waals surface area contributed by atoms with Crippen molar-refractivity contribution in [1.82, 2.24) is 15.5 Å². The van der Waals surface area contributed by atoms with Crippen molar-refractivity contribution in [2.24, 2.45) is 0 Å². The fourth-order valence-corrected chi connectivity index (χ4v) is 2.40. The highest BCUT2D eigenvalue weighted by molar-refractivity contribution is 5.77. The highest BCUT2D eigenvalue weighted by Crippen LogP contribution is 2.25. The molecule has 1 amide bonds. The molecule has 122 valence electrons. The molecule has 1 aromatic carbocycles. The van der Waals surface area contributed by atoms with Gasteiger partial charge in [-0.2, -0.15) is 0 Å². The standard InChI is InChI=1S/C16H25N3O3/c1-21-14-5-2-3-6-15(14)22-13-16(20)18-7-4-10-19-11-8-17-9-12-19/h2-3,5-6,17H,4,7-13H2,1H3,(H,18,20). The van der Waals surface area contributed by atoms with Crippen molar-refractivity contribution >= 4 is 5.91 Å². The summed E-state index contributed by atoms with van der Waals surface area (Å²) < 4.78 is 10.7. The third kappa shape index (κ3) is 5.54. The van der Waals surface area contributed by atoms with Gasteiger partial charge in [0.25, 0.3) is 5.91 Å². The first-order valence-electron chi connectivity index (χ1n) is 7.75. The highest BCUT2D eigenvalue weighted by Gasteiger charge is 2.09. The SMILES string of the molecule is COc1ccccc1OCC(=O)NCCCN1CCNCC1. The minimum atomic E-state index is -0.105. The van der Waals surface area contributed by atoms with Gasteiger partial charge in [0.15, 0.2) is 18.1 Å². The first-order valence-corrected chi connectivity index (χ1v) is 7.75. The number of methoxy groups -OCH3 is 1. The molecule has 0 aliphatic carbocycles. The Kier molecular flexibility index (Phi) is 6.99. The largest absolute Gasteiger partial charge is 0.493 e. The summed E-state index contributed by atoms with van der Waals surface area (Å²) in [5.41, 5.74) is 0. The number of hydrogen-bond donors (Lipinski definition) is 2. The Morgan fingerprint density at radius 3 is 2.73 bits per heavy atom. The predicted molar refractivity (Wildman–Crippen MR) is 85.4 cm³/mol. The van der Waals surface area contributed by atoms with Crippen LogP contribution < -0.4 is 20.1 Å². The predicted octanol–water partition coefficient (Wildman–Crippen LogP) is 0.486. The average molecular weight is 307 g/mol. The Balaban J connectivity index is 1.59. The van der Waals surface area contributed by atoms with E-state index in [4.69, 9.17) is 9.47 Å². The summed E-state index contributed by atoms with van der Waals surface area (Å²) in [5.74, 6) is 1.11. The third-order valence-electron chi connectivity index (χ3n) is 3.61. The van der Waals surface area contributed by atoms with Crippen LogP contribution in [0.25, 0.3) is 0 Å². The van der Waals surface area contributed by atoms with Crippen molar-refractivity contribution < 1.29 is 14.3 Å². The fraction of sp³-hybridized carbons (Fsp3) is 0.562. The van der Waals surface area contributed by atoms with Crippen molar-refractivity contribution in [3.63, 3.8) is 0 Å². The number of ether oxygens (including phenoxy) is 2. The molecule has 1 aliphatic heterocycles. The first-order chi connectivity index (χ1) is 10.8. The molecule has 1 heterocycles. The Morgan fingerprint density at radius 1 is 1.27 bits per heavy atom. The normalized spacial score (nSPS) is 15.3. The molecule has 6 heteroatoms. The van der Waals surface area contributed by atoms with Gasteiger partial charge in [0.2, 0.25) is 0 Å². The van der Waals surface area contributed by atoms with Gasteiger partial charge in [0, 0.05) is 32.7 Å². The van der Waals surface area contributed by atoms with Crippen molar-refractivity contribution in [1.29, 1.82) is 0 Å². The number of hydrogen-bond acceptors (Lipinski definition) is 5. The van der Waals surface area contributed by atoms with Gasteiger partial charge in [0.1, 0.15) is 0 Å². The van der Waals surface area contributed by atoms with E-state index >= 15 is 0 Å². The van der Waals surface area contributed by atoms with E-state index in [0.717, 1.165) is 39.1 Å². The fourth-order valence-electron chi connectivity index (χ4n) is 2.40. The molecule has 2 N–H and O–H groups in total. The molecule has 0 radical (unpaired) electrons. The van der Waals surface area contributed by atoms with E-state index in [9.17, 15) is 4.79 Å². The molecule has 2 rings (SSSR count). The molecule has 0 saturated carbocycles. The van der Waals surface area contributed by atoms with Crippen molar-refractivity contribution in [3.8, 4) is 11.5 Å². The monoisotopic (exact) mass is 307 g/mol. The van der Waals surface area contributed by atoms with E-state index in [1.54, 1.807) is 19.2 Å². The molecule has 0 spiro atoms. The minimum absolute atomic E-state index is 0.00794. The maximum absolute atomic E-state index is 11.8. The molecule has 22 heavy (non-hydrogen) atoms. The van der Waals surface area contributed by atoms with Gasteiger partial charge in [-0.25, -0.2) is 0 Å². The Hall–Kier alpha value is -1.79. The van der Waals surface area contributed by atoms with Crippen LogP contribution in [0.1, 0.15) is 6.42 Å². The van der Waals surface area contributed by atoms with Gasteiger partial charge < -0.3 is 25.0 Å². The van der Waals surface area contributed by atoms with Crippen LogP contribution in [0.2, 0.25) is 0 Å². The van der Waals surface area contributed by atoms with E-state index in [1.807, 2.05) is 12.1 Å². The van der Waals surface area contributed by atoms with Gasteiger partial charge >= 0.3 is 0 Å². The summed E-state index contributed by atoms with van der Waals surface area (Å²) in [5, 5.41) is 6.21. The molecule has 1 saturated heterocycles. The number of nitrogens with zero attached hydrogens (tertiary/aromatic N) is 1. The summed E-state index contributed by atoms with van der Waals surface area (Å²) in [6.07, 6.45) is 0.959. The average Bonchev–Trinajstić information content (AvgIpc) is 2.58. The Morgan fingerprint density at radius 2 is 2.00 bits per heavy atom. The maximum Gasteiger partial charge on any atom is 0.257 e. The second-order valence-corrected chi connectivity index (χ2v) is 5.23. The molecule has 0 bridgehead atoms. The zero-order valence-electron chi connectivity index (χ0n) is 13.1. The van der Waals surface area contributed by atoms with Crippen LogP contribution in [-0.4, -0.2) is 63.8 Å². The minimum Gasteiger partial charge on any atom is -0.493 e. The molecule has 6 nitrogen and oxygen atoms in total. The number of nitrogens with one attached hydrogen (secondary N) is 2. The van der Waals surface area contributed by atoms with Gasteiger partial charge in [-0.05, 0) is 25.1 Å². The van der Waals surface area contributed by atoms with Gasteiger partial charge in [0.05, 0.1) is 7.11 Å². The highest BCUT2D eigenvalue weighted by atomic mass is 16.5. The lowest BCUT2D eigenvalue weighted by Crippen LogP contribution is -2.44. The Labute approximate surface area is 131 Å². The molecule has 1 aliphatic rings. The number of rotatable bonds is 8. The van der Waals surface area contributed by atoms with Crippen LogP contribution in [0.15, 0.2) is 24.3 Å². The number of para-hydroxylation sites is 2. The Bertz CT molecular complexity index is 462. The van der Waals surface area contributed by atoms with Gasteiger partial charge in [-0.1, -0.05) is 12.1 Å². The lowest BCUT2D eigenvalue weighted by Gasteiger charge is -2.27. The summed E-state index contributed by atoms with van der Waals surface area (Å²) in [6, 6.07) is 7.31. The third-order valence-corrected chi connectivity index (χ3v) is 3.61.